The number of rotatable bonds is 7. The first kappa shape index (κ1) is 15.6. The van der Waals surface area contributed by atoms with Crippen LogP contribution in [0.25, 0.3) is 0 Å². The lowest BCUT2D eigenvalue weighted by Crippen LogP contribution is -2.19. The van der Waals surface area contributed by atoms with Gasteiger partial charge in [0.05, 0.1) is 10.0 Å². The normalized spacial score (nSPS) is 13.0. The first-order chi connectivity index (χ1) is 8.56. The maximum absolute atomic E-state index is 11.9. The number of halogens is 4. The maximum atomic E-state index is 11.9. The molecule has 1 N–H and O–H groups in total. The van der Waals surface area contributed by atoms with Gasteiger partial charge in [-0.3, -0.25) is 0 Å². The summed E-state index contributed by atoms with van der Waals surface area (Å²) in [7, 11) is 1.77. The van der Waals surface area contributed by atoms with Crippen LogP contribution < -0.4 is 5.32 Å². The molecule has 0 aromatic heterocycles. The van der Waals surface area contributed by atoms with Crippen LogP contribution in [-0.4, -0.2) is 26.7 Å². The summed E-state index contributed by atoms with van der Waals surface area (Å²) < 4.78 is 28.7. The third-order valence-corrected chi connectivity index (χ3v) is 3.33. The number of ether oxygens (including phenoxy) is 1. The van der Waals surface area contributed by atoms with Crippen LogP contribution in [0, 0.1) is 0 Å². The summed E-state index contributed by atoms with van der Waals surface area (Å²) in [5.41, 5.74) is 0.840. The van der Waals surface area contributed by atoms with Crippen molar-refractivity contribution in [2.24, 2.45) is 0 Å². The number of hydrogen-bond acceptors (Lipinski definition) is 2. The van der Waals surface area contributed by atoms with E-state index in [1.807, 2.05) is 6.07 Å². The van der Waals surface area contributed by atoms with Crippen LogP contribution in [0.5, 0.6) is 0 Å². The van der Waals surface area contributed by atoms with Crippen LogP contribution in [0.15, 0.2) is 18.2 Å². The van der Waals surface area contributed by atoms with Gasteiger partial charge in [-0.25, -0.2) is 8.78 Å². The van der Waals surface area contributed by atoms with Crippen LogP contribution >= 0.6 is 23.2 Å². The van der Waals surface area contributed by atoms with Crippen molar-refractivity contribution in [3.63, 3.8) is 0 Å². The highest BCUT2D eigenvalue weighted by Gasteiger charge is 2.14. The van der Waals surface area contributed by atoms with E-state index in [1.54, 1.807) is 19.2 Å². The molecule has 6 heteroatoms. The van der Waals surface area contributed by atoms with E-state index in [0.717, 1.165) is 5.56 Å². The second kappa shape index (κ2) is 7.89. The third-order valence-electron chi connectivity index (χ3n) is 2.50. The van der Waals surface area contributed by atoms with E-state index in [2.05, 4.69) is 5.32 Å². The third kappa shape index (κ3) is 4.69. The van der Waals surface area contributed by atoms with E-state index >= 15 is 0 Å². The molecule has 0 radical (unpaired) electrons. The fourth-order valence-electron chi connectivity index (χ4n) is 1.62. The van der Waals surface area contributed by atoms with Gasteiger partial charge in [0.1, 0.15) is 6.61 Å². The van der Waals surface area contributed by atoms with Gasteiger partial charge in [-0.05, 0) is 25.1 Å². The van der Waals surface area contributed by atoms with Crippen LogP contribution in [0.4, 0.5) is 8.78 Å². The molecule has 0 saturated carbocycles. The molecule has 0 saturated heterocycles. The molecule has 2 nitrogen and oxygen atoms in total. The zero-order chi connectivity index (χ0) is 13.5. The summed E-state index contributed by atoms with van der Waals surface area (Å²) in [6.07, 6.45) is -1.89. The quantitative estimate of drug-likeness (QED) is 0.770. The molecule has 0 heterocycles. The van der Waals surface area contributed by atoms with Gasteiger partial charge in [0, 0.05) is 12.6 Å². The molecule has 0 fully saturated rings. The molecular formula is C12H15Cl2F2NO. The molecule has 102 valence electrons. The summed E-state index contributed by atoms with van der Waals surface area (Å²) in [5, 5.41) is 4.02. The number of benzene rings is 1. The average Bonchev–Trinajstić information content (AvgIpc) is 2.33. The van der Waals surface area contributed by atoms with Gasteiger partial charge in [-0.2, -0.15) is 0 Å². The predicted octanol–water partition coefficient (Wildman–Crippen LogP) is 3.93. The van der Waals surface area contributed by atoms with Gasteiger partial charge < -0.3 is 10.1 Å². The van der Waals surface area contributed by atoms with Crippen LogP contribution in [-0.2, 0) is 4.74 Å². The maximum Gasteiger partial charge on any atom is 0.261 e. The molecule has 0 aliphatic rings. The van der Waals surface area contributed by atoms with Crippen molar-refractivity contribution in [2.45, 2.75) is 18.9 Å². The van der Waals surface area contributed by atoms with Crippen molar-refractivity contribution in [2.75, 3.05) is 20.3 Å². The summed E-state index contributed by atoms with van der Waals surface area (Å²) >= 11 is 12.0. The van der Waals surface area contributed by atoms with Crippen molar-refractivity contribution >= 4 is 23.2 Å². The van der Waals surface area contributed by atoms with Crippen LogP contribution in [0.1, 0.15) is 18.0 Å². The molecule has 1 atom stereocenters. The van der Waals surface area contributed by atoms with Gasteiger partial charge in [-0.15, -0.1) is 0 Å². The minimum atomic E-state index is -2.44. The number of alkyl halides is 2. The lowest BCUT2D eigenvalue weighted by Gasteiger charge is -2.18. The second-order valence-electron chi connectivity index (χ2n) is 3.74. The minimum absolute atomic E-state index is 0.0751. The standard InChI is InChI=1S/C12H15Cl2F2NO/c1-17-10(5-6-18-7-11(15)16)8-3-2-4-9(13)12(8)14/h2-4,10-11,17H,5-7H2,1H3. The Balaban J connectivity index is 2.57. The fourth-order valence-corrected chi connectivity index (χ4v) is 2.06. The Hall–Kier alpha value is -0.420. The van der Waals surface area contributed by atoms with Crippen LogP contribution in [0.2, 0.25) is 10.0 Å². The summed E-state index contributed by atoms with van der Waals surface area (Å²) in [5.74, 6) is 0. The van der Waals surface area contributed by atoms with E-state index in [9.17, 15) is 8.78 Å². The molecule has 0 spiro atoms. The monoisotopic (exact) mass is 297 g/mol. The van der Waals surface area contributed by atoms with Crippen molar-refractivity contribution in [3.8, 4) is 0 Å². The molecule has 1 aromatic carbocycles. The first-order valence-electron chi connectivity index (χ1n) is 5.53. The van der Waals surface area contributed by atoms with E-state index in [4.69, 9.17) is 27.9 Å². The van der Waals surface area contributed by atoms with Crippen molar-refractivity contribution in [1.29, 1.82) is 0 Å². The highest BCUT2D eigenvalue weighted by atomic mass is 35.5. The van der Waals surface area contributed by atoms with Crippen LogP contribution in [0.3, 0.4) is 0 Å². The Morgan fingerprint density at radius 1 is 1.33 bits per heavy atom. The Morgan fingerprint density at radius 2 is 2.06 bits per heavy atom. The Bertz CT molecular complexity index is 377. The molecular weight excluding hydrogens is 283 g/mol. The second-order valence-corrected chi connectivity index (χ2v) is 4.52. The molecule has 0 bridgehead atoms. The van der Waals surface area contributed by atoms with Crippen molar-refractivity contribution in [3.05, 3.63) is 33.8 Å². The molecule has 0 aliphatic carbocycles. The summed E-state index contributed by atoms with van der Waals surface area (Å²) in [4.78, 5) is 0. The zero-order valence-corrected chi connectivity index (χ0v) is 11.4. The highest BCUT2D eigenvalue weighted by Crippen LogP contribution is 2.31. The van der Waals surface area contributed by atoms with E-state index in [-0.39, 0.29) is 12.6 Å². The minimum Gasteiger partial charge on any atom is -0.375 e. The molecule has 0 aliphatic heterocycles. The Kier molecular flexibility index (Phi) is 6.86. The van der Waals surface area contributed by atoms with Crippen molar-refractivity contribution in [1.82, 2.24) is 5.32 Å². The number of nitrogens with one attached hydrogen (secondary N) is 1. The fraction of sp³-hybridized carbons (Fsp3) is 0.500. The van der Waals surface area contributed by atoms with Gasteiger partial charge in [0.2, 0.25) is 0 Å². The predicted molar refractivity (Wildman–Crippen MR) is 69.7 cm³/mol. The van der Waals surface area contributed by atoms with Crippen molar-refractivity contribution < 1.29 is 13.5 Å². The topological polar surface area (TPSA) is 21.3 Å². The lowest BCUT2D eigenvalue weighted by molar-refractivity contribution is 0.0145. The average molecular weight is 298 g/mol. The zero-order valence-electron chi connectivity index (χ0n) is 9.93. The smallest absolute Gasteiger partial charge is 0.261 e. The molecule has 1 rings (SSSR count). The number of hydrogen-bond donors (Lipinski definition) is 1. The Labute approximate surface area is 115 Å². The van der Waals surface area contributed by atoms with Gasteiger partial charge in [0.15, 0.2) is 0 Å². The Morgan fingerprint density at radius 3 is 2.67 bits per heavy atom. The van der Waals surface area contributed by atoms with Gasteiger partial charge >= 0.3 is 0 Å². The molecule has 1 aromatic rings. The van der Waals surface area contributed by atoms with E-state index < -0.39 is 13.0 Å². The highest BCUT2D eigenvalue weighted by molar-refractivity contribution is 6.42. The summed E-state index contributed by atoms with van der Waals surface area (Å²) in [6.45, 7) is -0.307. The first-order valence-corrected chi connectivity index (χ1v) is 6.29. The summed E-state index contributed by atoms with van der Waals surface area (Å²) in [6, 6.07) is 5.28. The van der Waals surface area contributed by atoms with Gasteiger partial charge in [0.25, 0.3) is 6.43 Å². The molecule has 0 amide bonds. The van der Waals surface area contributed by atoms with E-state index in [0.29, 0.717) is 16.5 Å². The lowest BCUT2D eigenvalue weighted by atomic mass is 10.0. The van der Waals surface area contributed by atoms with E-state index in [1.165, 1.54) is 0 Å². The SMILES string of the molecule is CNC(CCOCC(F)F)c1cccc(Cl)c1Cl. The molecule has 18 heavy (non-hydrogen) atoms. The van der Waals surface area contributed by atoms with Gasteiger partial charge in [-0.1, -0.05) is 35.3 Å². The molecule has 1 unspecified atom stereocenters. The largest absolute Gasteiger partial charge is 0.375 e.